The molecule has 5 nitrogen and oxygen atoms in total. The van der Waals surface area contributed by atoms with E-state index in [1.807, 2.05) is 42.5 Å². The van der Waals surface area contributed by atoms with Gasteiger partial charge in [0.15, 0.2) is 0 Å². The molecular formula is C20H21N3O2S. The summed E-state index contributed by atoms with van der Waals surface area (Å²) in [4.78, 5) is 12.3. The average molecular weight is 367 g/mol. The first-order chi connectivity index (χ1) is 12.7. The molecule has 6 heteroatoms. The van der Waals surface area contributed by atoms with Gasteiger partial charge < -0.3 is 4.74 Å². The van der Waals surface area contributed by atoms with E-state index in [9.17, 15) is 4.79 Å². The molecule has 0 saturated carbocycles. The minimum atomic E-state index is -0.201. The minimum absolute atomic E-state index is 0.201. The predicted molar refractivity (Wildman–Crippen MR) is 104 cm³/mol. The van der Waals surface area contributed by atoms with Crippen molar-refractivity contribution < 1.29 is 9.53 Å². The Morgan fingerprint density at radius 2 is 1.85 bits per heavy atom. The summed E-state index contributed by atoms with van der Waals surface area (Å²) in [5, 5.41) is 12.4. The molecule has 1 amide bonds. The Hall–Kier alpha value is -2.73. The summed E-state index contributed by atoms with van der Waals surface area (Å²) >= 11 is 1.39. The highest BCUT2D eigenvalue weighted by Gasteiger charge is 2.11. The van der Waals surface area contributed by atoms with Crippen molar-refractivity contribution in [1.29, 1.82) is 0 Å². The van der Waals surface area contributed by atoms with Gasteiger partial charge in [0.05, 0.1) is 6.61 Å². The summed E-state index contributed by atoms with van der Waals surface area (Å²) in [5.41, 5.74) is 1.73. The SMILES string of the molecule is CCCCOc1ccc(C(=O)Nc2nnc(Cc3ccccc3)s2)cc1. The van der Waals surface area contributed by atoms with Crippen molar-refractivity contribution in [3.63, 3.8) is 0 Å². The Bertz CT molecular complexity index is 832. The maximum atomic E-state index is 12.3. The van der Waals surface area contributed by atoms with Crippen LogP contribution in [0.3, 0.4) is 0 Å². The van der Waals surface area contributed by atoms with Gasteiger partial charge in [-0.2, -0.15) is 0 Å². The Labute approximate surface area is 157 Å². The van der Waals surface area contributed by atoms with Gasteiger partial charge in [0.25, 0.3) is 5.91 Å². The number of carbonyl (C=O) groups is 1. The van der Waals surface area contributed by atoms with E-state index in [-0.39, 0.29) is 5.91 Å². The zero-order valence-electron chi connectivity index (χ0n) is 14.6. The molecule has 2 aromatic carbocycles. The average Bonchev–Trinajstić information content (AvgIpc) is 3.10. The largest absolute Gasteiger partial charge is 0.494 e. The third-order valence-electron chi connectivity index (χ3n) is 3.77. The molecule has 1 aromatic heterocycles. The third-order valence-corrected chi connectivity index (χ3v) is 4.61. The molecule has 0 unspecified atom stereocenters. The maximum Gasteiger partial charge on any atom is 0.257 e. The Morgan fingerprint density at radius 1 is 1.08 bits per heavy atom. The molecule has 0 atom stereocenters. The lowest BCUT2D eigenvalue weighted by molar-refractivity contribution is 0.102. The molecule has 0 spiro atoms. The molecular weight excluding hydrogens is 346 g/mol. The van der Waals surface area contributed by atoms with E-state index in [4.69, 9.17) is 4.74 Å². The maximum absolute atomic E-state index is 12.3. The second-order valence-corrected chi connectivity index (χ2v) is 6.91. The minimum Gasteiger partial charge on any atom is -0.494 e. The number of anilines is 1. The highest BCUT2D eigenvalue weighted by molar-refractivity contribution is 7.15. The number of amides is 1. The summed E-state index contributed by atoms with van der Waals surface area (Å²) in [6.07, 6.45) is 2.82. The number of nitrogens with one attached hydrogen (secondary N) is 1. The Morgan fingerprint density at radius 3 is 2.58 bits per heavy atom. The second-order valence-electron chi connectivity index (χ2n) is 5.84. The van der Waals surface area contributed by atoms with Crippen LogP contribution in [0.2, 0.25) is 0 Å². The van der Waals surface area contributed by atoms with Crippen molar-refractivity contribution in [3.05, 3.63) is 70.7 Å². The molecule has 3 aromatic rings. The van der Waals surface area contributed by atoms with Gasteiger partial charge in [0, 0.05) is 12.0 Å². The lowest BCUT2D eigenvalue weighted by Crippen LogP contribution is -2.11. The molecule has 0 aliphatic rings. The van der Waals surface area contributed by atoms with Gasteiger partial charge in [-0.05, 0) is 36.2 Å². The number of rotatable bonds is 8. The molecule has 3 rings (SSSR count). The number of nitrogens with zero attached hydrogens (tertiary/aromatic N) is 2. The number of unbranched alkanes of at least 4 members (excludes halogenated alkanes) is 1. The standard InChI is InChI=1S/C20H21N3O2S/c1-2-3-13-25-17-11-9-16(10-12-17)19(24)21-20-23-22-18(26-20)14-15-7-5-4-6-8-15/h4-12H,2-3,13-14H2,1H3,(H,21,23,24). The van der Waals surface area contributed by atoms with E-state index in [1.54, 1.807) is 12.1 Å². The molecule has 1 N–H and O–H groups in total. The van der Waals surface area contributed by atoms with Crippen LogP contribution in [0.4, 0.5) is 5.13 Å². The highest BCUT2D eigenvalue weighted by atomic mass is 32.1. The summed E-state index contributed by atoms with van der Waals surface area (Å²) in [6, 6.07) is 17.2. The van der Waals surface area contributed by atoms with Gasteiger partial charge in [0.2, 0.25) is 5.13 Å². The van der Waals surface area contributed by atoms with E-state index < -0.39 is 0 Å². The predicted octanol–water partition coefficient (Wildman–Crippen LogP) is 4.56. The highest BCUT2D eigenvalue weighted by Crippen LogP contribution is 2.20. The van der Waals surface area contributed by atoms with Crippen LogP contribution in [0, 0.1) is 0 Å². The zero-order chi connectivity index (χ0) is 18.2. The summed E-state index contributed by atoms with van der Waals surface area (Å²) in [6.45, 7) is 2.81. The number of benzene rings is 2. The van der Waals surface area contributed by atoms with E-state index >= 15 is 0 Å². The fraction of sp³-hybridized carbons (Fsp3) is 0.250. The van der Waals surface area contributed by atoms with E-state index in [0.29, 0.717) is 23.7 Å². The Balaban J connectivity index is 1.56. The molecule has 0 aliphatic heterocycles. The first-order valence-electron chi connectivity index (χ1n) is 8.65. The number of ether oxygens (including phenoxy) is 1. The van der Waals surface area contributed by atoms with Crippen molar-refractivity contribution in [2.45, 2.75) is 26.2 Å². The molecule has 0 radical (unpaired) electrons. The van der Waals surface area contributed by atoms with Crippen LogP contribution in [-0.4, -0.2) is 22.7 Å². The van der Waals surface area contributed by atoms with Crippen molar-refractivity contribution >= 4 is 22.4 Å². The fourth-order valence-corrected chi connectivity index (χ4v) is 3.12. The summed E-state index contributed by atoms with van der Waals surface area (Å²) in [5.74, 6) is 0.573. The first kappa shape index (κ1) is 18.1. The van der Waals surface area contributed by atoms with Crippen molar-refractivity contribution in [2.75, 3.05) is 11.9 Å². The van der Waals surface area contributed by atoms with Crippen LogP contribution >= 0.6 is 11.3 Å². The van der Waals surface area contributed by atoms with E-state index in [1.165, 1.54) is 16.9 Å². The van der Waals surface area contributed by atoms with E-state index in [0.717, 1.165) is 23.6 Å². The number of hydrogen-bond acceptors (Lipinski definition) is 5. The molecule has 26 heavy (non-hydrogen) atoms. The van der Waals surface area contributed by atoms with Gasteiger partial charge in [-0.1, -0.05) is 55.0 Å². The van der Waals surface area contributed by atoms with Gasteiger partial charge in [-0.25, -0.2) is 0 Å². The van der Waals surface area contributed by atoms with E-state index in [2.05, 4.69) is 22.4 Å². The number of aromatic nitrogens is 2. The van der Waals surface area contributed by atoms with Crippen LogP contribution < -0.4 is 10.1 Å². The van der Waals surface area contributed by atoms with Crippen LogP contribution in [0.15, 0.2) is 54.6 Å². The Kier molecular flexibility index (Phi) is 6.33. The topological polar surface area (TPSA) is 64.1 Å². The molecule has 0 bridgehead atoms. The number of hydrogen-bond donors (Lipinski definition) is 1. The van der Waals surface area contributed by atoms with Gasteiger partial charge >= 0.3 is 0 Å². The smallest absolute Gasteiger partial charge is 0.257 e. The molecule has 134 valence electrons. The molecule has 1 heterocycles. The van der Waals surface area contributed by atoms with Crippen molar-refractivity contribution in [1.82, 2.24) is 10.2 Å². The molecule has 0 aliphatic carbocycles. The lowest BCUT2D eigenvalue weighted by Gasteiger charge is -2.06. The summed E-state index contributed by atoms with van der Waals surface area (Å²) < 4.78 is 5.61. The first-order valence-corrected chi connectivity index (χ1v) is 9.47. The molecule has 0 saturated heterocycles. The third kappa shape index (κ3) is 5.13. The van der Waals surface area contributed by atoms with Crippen LogP contribution in [-0.2, 0) is 6.42 Å². The fourth-order valence-electron chi connectivity index (χ4n) is 2.35. The molecule has 0 fully saturated rings. The van der Waals surface area contributed by atoms with Crippen molar-refractivity contribution in [3.8, 4) is 5.75 Å². The monoisotopic (exact) mass is 367 g/mol. The van der Waals surface area contributed by atoms with Gasteiger partial charge in [0.1, 0.15) is 10.8 Å². The normalized spacial score (nSPS) is 10.5. The second kappa shape index (κ2) is 9.10. The number of carbonyl (C=O) groups excluding carboxylic acids is 1. The quantitative estimate of drug-likeness (QED) is 0.593. The van der Waals surface area contributed by atoms with Crippen molar-refractivity contribution in [2.24, 2.45) is 0 Å². The van der Waals surface area contributed by atoms with Gasteiger partial charge in [-0.15, -0.1) is 10.2 Å². The van der Waals surface area contributed by atoms with Crippen LogP contribution in [0.5, 0.6) is 5.75 Å². The zero-order valence-corrected chi connectivity index (χ0v) is 15.5. The van der Waals surface area contributed by atoms with Gasteiger partial charge in [-0.3, -0.25) is 10.1 Å². The van der Waals surface area contributed by atoms with Crippen LogP contribution in [0.25, 0.3) is 0 Å². The summed E-state index contributed by atoms with van der Waals surface area (Å²) in [7, 11) is 0. The van der Waals surface area contributed by atoms with Crippen LogP contribution in [0.1, 0.15) is 40.7 Å². The lowest BCUT2D eigenvalue weighted by atomic mass is 10.2.